The van der Waals surface area contributed by atoms with E-state index in [9.17, 15) is 12.8 Å². The van der Waals surface area contributed by atoms with Crippen LogP contribution in [0.2, 0.25) is 0 Å². The van der Waals surface area contributed by atoms with E-state index in [2.05, 4.69) is 0 Å². The van der Waals surface area contributed by atoms with Crippen LogP contribution < -0.4 is 10.0 Å². The monoisotopic (exact) mass is 268 g/mol. The standard InChI is InChI=1S/C9H13FN2O2S.ClH/c1-12(15(2,13)14)9-5-3-4-8(10)7(9)6-11;/h3-5H,6,11H2,1-2H3;1H. The molecule has 0 aliphatic carbocycles. The van der Waals surface area contributed by atoms with Gasteiger partial charge in [0, 0.05) is 19.2 Å². The van der Waals surface area contributed by atoms with E-state index in [4.69, 9.17) is 5.73 Å². The molecule has 0 atom stereocenters. The normalized spacial score (nSPS) is 10.8. The Morgan fingerprint density at radius 3 is 2.44 bits per heavy atom. The molecule has 0 aliphatic rings. The minimum absolute atomic E-state index is 0. The molecule has 0 radical (unpaired) electrons. The van der Waals surface area contributed by atoms with E-state index in [-0.39, 0.29) is 30.2 Å². The first kappa shape index (κ1) is 15.2. The quantitative estimate of drug-likeness (QED) is 0.893. The first-order valence-corrected chi connectivity index (χ1v) is 6.14. The molecule has 7 heteroatoms. The first-order valence-electron chi connectivity index (χ1n) is 4.29. The summed E-state index contributed by atoms with van der Waals surface area (Å²) in [6.07, 6.45) is 1.05. The van der Waals surface area contributed by atoms with E-state index in [1.807, 2.05) is 0 Å². The zero-order valence-electron chi connectivity index (χ0n) is 8.97. The smallest absolute Gasteiger partial charge is 0.232 e. The number of nitrogens with two attached hydrogens (primary N) is 1. The van der Waals surface area contributed by atoms with Crippen molar-refractivity contribution < 1.29 is 12.8 Å². The zero-order valence-corrected chi connectivity index (χ0v) is 10.6. The van der Waals surface area contributed by atoms with E-state index < -0.39 is 15.8 Å². The van der Waals surface area contributed by atoms with Crippen LogP contribution in [0.25, 0.3) is 0 Å². The van der Waals surface area contributed by atoms with Crippen molar-refractivity contribution >= 4 is 28.1 Å². The van der Waals surface area contributed by atoms with Crippen molar-refractivity contribution in [1.29, 1.82) is 0 Å². The van der Waals surface area contributed by atoms with Crippen molar-refractivity contribution in [2.45, 2.75) is 6.54 Å². The van der Waals surface area contributed by atoms with Crippen LogP contribution in [0.1, 0.15) is 5.56 Å². The Bertz CT molecular complexity index is 465. The largest absolute Gasteiger partial charge is 0.326 e. The molecule has 0 aliphatic heterocycles. The summed E-state index contributed by atoms with van der Waals surface area (Å²) in [5.41, 5.74) is 5.85. The summed E-state index contributed by atoms with van der Waals surface area (Å²) in [6.45, 7) is -0.0398. The third-order valence-electron chi connectivity index (χ3n) is 2.13. The SMILES string of the molecule is CN(c1cccc(F)c1CN)S(C)(=O)=O.Cl. The summed E-state index contributed by atoms with van der Waals surface area (Å²) in [5, 5.41) is 0. The number of hydrogen-bond donors (Lipinski definition) is 1. The summed E-state index contributed by atoms with van der Waals surface area (Å²) >= 11 is 0. The van der Waals surface area contributed by atoms with Gasteiger partial charge in [0.05, 0.1) is 11.9 Å². The molecule has 0 heterocycles. The Kier molecular flexibility index (Phi) is 5.18. The molecule has 1 aromatic carbocycles. The van der Waals surface area contributed by atoms with Crippen LogP contribution in [0, 0.1) is 5.82 Å². The summed E-state index contributed by atoms with van der Waals surface area (Å²) < 4.78 is 36.9. The molecule has 0 unspecified atom stereocenters. The van der Waals surface area contributed by atoms with Crippen LogP contribution in [0.5, 0.6) is 0 Å². The Labute approximate surface area is 101 Å². The second kappa shape index (κ2) is 5.47. The lowest BCUT2D eigenvalue weighted by Crippen LogP contribution is -2.26. The van der Waals surface area contributed by atoms with E-state index in [1.54, 1.807) is 0 Å². The minimum Gasteiger partial charge on any atom is -0.326 e. The number of sulfonamides is 1. The van der Waals surface area contributed by atoms with Crippen LogP contribution in [0.3, 0.4) is 0 Å². The van der Waals surface area contributed by atoms with Gasteiger partial charge in [0.2, 0.25) is 10.0 Å². The molecular formula is C9H14ClFN2O2S. The van der Waals surface area contributed by atoms with Gasteiger partial charge >= 0.3 is 0 Å². The molecule has 16 heavy (non-hydrogen) atoms. The lowest BCUT2D eigenvalue weighted by molar-refractivity contribution is 0.598. The summed E-state index contributed by atoms with van der Waals surface area (Å²) in [4.78, 5) is 0. The van der Waals surface area contributed by atoms with Crippen LogP contribution in [0.4, 0.5) is 10.1 Å². The molecule has 0 bridgehead atoms. The van der Waals surface area contributed by atoms with Crippen LogP contribution in [0.15, 0.2) is 18.2 Å². The van der Waals surface area contributed by atoms with E-state index >= 15 is 0 Å². The second-order valence-corrected chi connectivity index (χ2v) is 5.19. The van der Waals surface area contributed by atoms with Crippen LogP contribution >= 0.6 is 12.4 Å². The average Bonchev–Trinajstić information content (AvgIpc) is 2.14. The van der Waals surface area contributed by atoms with Gasteiger partial charge in [-0.15, -0.1) is 12.4 Å². The highest BCUT2D eigenvalue weighted by Crippen LogP contribution is 2.23. The topological polar surface area (TPSA) is 63.4 Å². The number of halogens is 2. The van der Waals surface area contributed by atoms with Gasteiger partial charge in [-0.3, -0.25) is 4.31 Å². The van der Waals surface area contributed by atoms with Crippen molar-refractivity contribution in [2.75, 3.05) is 17.6 Å². The molecule has 2 N–H and O–H groups in total. The van der Waals surface area contributed by atoms with E-state index in [0.717, 1.165) is 10.6 Å². The van der Waals surface area contributed by atoms with Gasteiger partial charge in [-0.05, 0) is 12.1 Å². The highest BCUT2D eigenvalue weighted by Gasteiger charge is 2.16. The van der Waals surface area contributed by atoms with Crippen molar-refractivity contribution in [3.8, 4) is 0 Å². The third-order valence-corrected chi connectivity index (χ3v) is 3.33. The number of benzene rings is 1. The maximum atomic E-state index is 13.3. The van der Waals surface area contributed by atoms with Gasteiger partial charge in [0.15, 0.2) is 0 Å². The molecule has 0 aromatic heterocycles. The fourth-order valence-corrected chi connectivity index (χ4v) is 1.75. The molecule has 0 saturated heterocycles. The molecule has 4 nitrogen and oxygen atoms in total. The van der Waals surface area contributed by atoms with Crippen molar-refractivity contribution in [2.24, 2.45) is 5.73 Å². The number of rotatable bonds is 3. The molecule has 0 fully saturated rings. The lowest BCUT2D eigenvalue weighted by Gasteiger charge is -2.19. The van der Waals surface area contributed by atoms with Crippen molar-refractivity contribution in [3.63, 3.8) is 0 Å². The maximum absolute atomic E-state index is 13.3. The Morgan fingerprint density at radius 1 is 1.44 bits per heavy atom. The summed E-state index contributed by atoms with van der Waals surface area (Å²) in [6, 6.07) is 4.22. The molecule has 0 spiro atoms. The predicted octanol–water partition coefficient (Wildman–Crippen LogP) is 1.10. The van der Waals surface area contributed by atoms with Gasteiger partial charge in [0.25, 0.3) is 0 Å². The predicted molar refractivity (Wildman–Crippen MR) is 64.8 cm³/mol. The molecule has 1 rings (SSSR count). The highest BCUT2D eigenvalue weighted by atomic mass is 35.5. The molecule has 0 amide bonds. The number of nitrogens with zero attached hydrogens (tertiary/aromatic N) is 1. The Hall–Kier alpha value is -0.850. The summed E-state index contributed by atoms with van der Waals surface area (Å²) in [7, 11) is -2.03. The van der Waals surface area contributed by atoms with Crippen molar-refractivity contribution in [1.82, 2.24) is 0 Å². The van der Waals surface area contributed by atoms with Gasteiger partial charge in [-0.2, -0.15) is 0 Å². The molecule has 1 aromatic rings. The maximum Gasteiger partial charge on any atom is 0.232 e. The first-order chi connectivity index (χ1) is 6.88. The minimum atomic E-state index is -3.39. The van der Waals surface area contributed by atoms with Gasteiger partial charge in [0.1, 0.15) is 5.82 Å². The van der Waals surface area contributed by atoms with Gasteiger partial charge in [-0.25, -0.2) is 12.8 Å². The highest BCUT2D eigenvalue weighted by molar-refractivity contribution is 7.92. The third kappa shape index (κ3) is 3.07. The second-order valence-electron chi connectivity index (χ2n) is 3.17. The Morgan fingerprint density at radius 2 is 2.00 bits per heavy atom. The Balaban J connectivity index is 0.00000225. The lowest BCUT2D eigenvalue weighted by atomic mass is 10.1. The number of anilines is 1. The number of hydrogen-bond acceptors (Lipinski definition) is 3. The molecule has 0 saturated carbocycles. The van der Waals surface area contributed by atoms with E-state index in [1.165, 1.54) is 25.2 Å². The van der Waals surface area contributed by atoms with Gasteiger partial charge < -0.3 is 5.73 Å². The zero-order chi connectivity index (χ0) is 11.6. The average molecular weight is 269 g/mol. The van der Waals surface area contributed by atoms with Crippen LogP contribution in [-0.4, -0.2) is 21.7 Å². The van der Waals surface area contributed by atoms with Crippen LogP contribution in [-0.2, 0) is 16.6 Å². The fraction of sp³-hybridized carbons (Fsp3) is 0.333. The molecule has 92 valence electrons. The fourth-order valence-electron chi connectivity index (χ4n) is 1.22. The van der Waals surface area contributed by atoms with Gasteiger partial charge in [-0.1, -0.05) is 6.07 Å². The van der Waals surface area contributed by atoms with E-state index in [0.29, 0.717) is 0 Å². The van der Waals surface area contributed by atoms with Crippen molar-refractivity contribution in [3.05, 3.63) is 29.6 Å². The molecular weight excluding hydrogens is 255 g/mol. The summed E-state index contributed by atoms with van der Waals surface area (Å²) in [5.74, 6) is -0.495.